The van der Waals surface area contributed by atoms with Crippen molar-refractivity contribution < 1.29 is 23.1 Å². The minimum absolute atomic E-state index is 0.0124. The van der Waals surface area contributed by atoms with Gasteiger partial charge in [-0.1, -0.05) is 0 Å². The lowest BCUT2D eigenvalue weighted by Gasteiger charge is -2.07. The number of rotatable bonds is 2. The highest BCUT2D eigenvalue weighted by atomic mass is 32.2. The Labute approximate surface area is 87.1 Å². The van der Waals surface area contributed by atoms with E-state index in [1.54, 1.807) is 0 Å². The van der Waals surface area contributed by atoms with Crippen LogP contribution in [0.5, 0.6) is 0 Å². The SMILES string of the molecule is Nc1cc(SC(F)(F)F)cc(C(=O)O)c1. The maximum atomic E-state index is 12.0. The van der Waals surface area contributed by atoms with Crippen LogP contribution >= 0.6 is 11.8 Å². The van der Waals surface area contributed by atoms with Crippen molar-refractivity contribution >= 4 is 23.4 Å². The number of carboxylic acids is 1. The molecule has 82 valence electrons. The lowest BCUT2D eigenvalue weighted by atomic mass is 10.2. The molecule has 0 aliphatic carbocycles. The number of anilines is 1. The van der Waals surface area contributed by atoms with E-state index in [0.29, 0.717) is 0 Å². The Hall–Kier alpha value is -1.37. The van der Waals surface area contributed by atoms with Crippen molar-refractivity contribution in [1.82, 2.24) is 0 Å². The summed E-state index contributed by atoms with van der Waals surface area (Å²) in [6, 6.07) is 3.10. The third kappa shape index (κ3) is 3.70. The topological polar surface area (TPSA) is 63.3 Å². The smallest absolute Gasteiger partial charge is 0.446 e. The van der Waals surface area contributed by atoms with Crippen LogP contribution in [0.2, 0.25) is 0 Å². The number of nitrogen functional groups attached to an aromatic ring is 1. The fourth-order valence-corrected chi connectivity index (χ4v) is 1.59. The molecule has 1 aromatic carbocycles. The predicted octanol–water partition coefficient (Wildman–Crippen LogP) is 2.58. The predicted molar refractivity (Wildman–Crippen MR) is 49.7 cm³/mol. The summed E-state index contributed by atoms with van der Waals surface area (Å²) >= 11 is -0.397. The zero-order valence-electron chi connectivity index (χ0n) is 7.21. The minimum atomic E-state index is -4.45. The van der Waals surface area contributed by atoms with Gasteiger partial charge in [0.1, 0.15) is 0 Å². The Morgan fingerprint density at radius 2 is 1.93 bits per heavy atom. The molecule has 1 rings (SSSR count). The van der Waals surface area contributed by atoms with Crippen LogP contribution in [0.4, 0.5) is 18.9 Å². The van der Waals surface area contributed by atoms with Crippen LogP contribution in [-0.2, 0) is 0 Å². The van der Waals surface area contributed by atoms with Gasteiger partial charge in [0.2, 0.25) is 0 Å². The van der Waals surface area contributed by atoms with Crippen LogP contribution in [0.25, 0.3) is 0 Å². The molecule has 0 aliphatic rings. The first kappa shape index (κ1) is 11.7. The summed E-state index contributed by atoms with van der Waals surface area (Å²) < 4.78 is 35.9. The van der Waals surface area contributed by atoms with Crippen LogP contribution in [0.1, 0.15) is 10.4 Å². The van der Waals surface area contributed by atoms with E-state index in [0.717, 1.165) is 18.2 Å². The van der Waals surface area contributed by atoms with Gasteiger partial charge < -0.3 is 10.8 Å². The number of carbonyl (C=O) groups is 1. The van der Waals surface area contributed by atoms with E-state index in [1.165, 1.54) is 0 Å². The van der Waals surface area contributed by atoms with Crippen molar-refractivity contribution in [2.45, 2.75) is 10.4 Å². The molecule has 0 amide bonds. The number of benzene rings is 1. The van der Waals surface area contributed by atoms with Crippen molar-refractivity contribution in [2.24, 2.45) is 0 Å². The van der Waals surface area contributed by atoms with Gasteiger partial charge in [-0.25, -0.2) is 4.79 Å². The van der Waals surface area contributed by atoms with Gasteiger partial charge in [0, 0.05) is 10.6 Å². The Kier molecular flexibility index (Phi) is 3.13. The van der Waals surface area contributed by atoms with Gasteiger partial charge in [-0.2, -0.15) is 13.2 Å². The third-order valence-electron chi connectivity index (χ3n) is 1.41. The van der Waals surface area contributed by atoms with E-state index in [9.17, 15) is 18.0 Å². The van der Waals surface area contributed by atoms with E-state index in [-0.39, 0.29) is 16.1 Å². The highest BCUT2D eigenvalue weighted by Gasteiger charge is 2.29. The molecule has 0 fully saturated rings. The largest absolute Gasteiger partial charge is 0.478 e. The maximum absolute atomic E-state index is 12.0. The van der Waals surface area contributed by atoms with Crippen molar-refractivity contribution in [3.05, 3.63) is 23.8 Å². The monoisotopic (exact) mass is 237 g/mol. The summed E-state index contributed by atoms with van der Waals surface area (Å²) in [5, 5.41) is 8.59. The minimum Gasteiger partial charge on any atom is -0.478 e. The summed E-state index contributed by atoms with van der Waals surface area (Å²) in [6.07, 6.45) is 0. The van der Waals surface area contributed by atoms with Gasteiger partial charge in [-0.3, -0.25) is 0 Å². The van der Waals surface area contributed by atoms with Crippen molar-refractivity contribution in [3.63, 3.8) is 0 Å². The first-order valence-electron chi connectivity index (χ1n) is 3.67. The number of hydrogen-bond acceptors (Lipinski definition) is 3. The molecule has 0 aromatic heterocycles. The summed E-state index contributed by atoms with van der Waals surface area (Å²) in [5.74, 6) is -1.31. The fraction of sp³-hybridized carbons (Fsp3) is 0.125. The lowest BCUT2D eigenvalue weighted by Crippen LogP contribution is -2.02. The number of nitrogens with two attached hydrogens (primary N) is 1. The van der Waals surface area contributed by atoms with Gasteiger partial charge in [0.25, 0.3) is 0 Å². The van der Waals surface area contributed by atoms with E-state index in [1.807, 2.05) is 0 Å². The van der Waals surface area contributed by atoms with E-state index in [2.05, 4.69) is 0 Å². The highest BCUT2D eigenvalue weighted by Crippen LogP contribution is 2.37. The molecule has 0 radical (unpaired) electrons. The molecule has 0 unspecified atom stereocenters. The number of alkyl halides is 3. The van der Waals surface area contributed by atoms with Gasteiger partial charge in [0.05, 0.1) is 5.56 Å². The molecular weight excluding hydrogens is 231 g/mol. The van der Waals surface area contributed by atoms with Crippen LogP contribution in [-0.4, -0.2) is 16.6 Å². The van der Waals surface area contributed by atoms with Gasteiger partial charge in [0.15, 0.2) is 0 Å². The van der Waals surface area contributed by atoms with Gasteiger partial charge >= 0.3 is 11.5 Å². The van der Waals surface area contributed by atoms with Crippen molar-refractivity contribution in [2.75, 3.05) is 5.73 Å². The van der Waals surface area contributed by atoms with Crippen LogP contribution in [0.3, 0.4) is 0 Å². The molecule has 1 aromatic rings. The Morgan fingerprint density at radius 3 is 2.40 bits per heavy atom. The number of hydrogen-bond donors (Lipinski definition) is 2. The van der Waals surface area contributed by atoms with Crippen LogP contribution in [0, 0.1) is 0 Å². The second-order valence-corrected chi connectivity index (χ2v) is 3.78. The molecule has 0 heterocycles. The molecule has 3 N–H and O–H groups in total. The zero-order valence-corrected chi connectivity index (χ0v) is 8.02. The molecule has 0 spiro atoms. The van der Waals surface area contributed by atoms with Gasteiger partial charge in [-0.15, -0.1) is 0 Å². The average Bonchev–Trinajstić information content (AvgIpc) is 1.99. The second-order valence-electron chi connectivity index (χ2n) is 2.64. The number of carboxylic acid groups (broad SMARTS) is 1. The van der Waals surface area contributed by atoms with E-state index >= 15 is 0 Å². The summed E-state index contributed by atoms with van der Waals surface area (Å²) in [5.41, 5.74) is 0.543. The lowest BCUT2D eigenvalue weighted by molar-refractivity contribution is -0.0328. The Balaban J connectivity index is 3.04. The second kappa shape index (κ2) is 4.01. The molecule has 0 aliphatic heterocycles. The summed E-state index contributed by atoms with van der Waals surface area (Å²) in [4.78, 5) is 10.3. The summed E-state index contributed by atoms with van der Waals surface area (Å²) in [7, 11) is 0. The molecule has 0 saturated heterocycles. The Morgan fingerprint density at radius 1 is 1.33 bits per heavy atom. The normalized spacial score (nSPS) is 11.4. The molecule has 0 bridgehead atoms. The van der Waals surface area contributed by atoms with Gasteiger partial charge in [-0.05, 0) is 30.0 Å². The highest BCUT2D eigenvalue weighted by molar-refractivity contribution is 8.00. The Bertz CT molecular complexity index is 392. The van der Waals surface area contributed by atoms with Crippen molar-refractivity contribution in [3.8, 4) is 0 Å². The van der Waals surface area contributed by atoms with E-state index < -0.39 is 23.2 Å². The van der Waals surface area contributed by atoms with Crippen LogP contribution < -0.4 is 5.73 Å². The number of halogens is 3. The molecule has 7 heteroatoms. The zero-order chi connectivity index (χ0) is 11.6. The average molecular weight is 237 g/mol. The number of thioether (sulfide) groups is 1. The van der Waals surface area contributed by atoms with E-state index in [4.69, 9.17) is 10.8 Å². The fourth-order valence-electron chi connectivity index (χ4n) is 0.938. The first-order chi connectivity index (χ1) is 6.78. The number of aromatic carboxylic acids is 1. The van der Waals surface area contributed by atoms with Crippen LogP contribution in [0.15, 0.2) is 23.1 Å². The maximum Gasteiger partial charge on any atom is 0.446 e. The molecule has 15 heavy (non-hydrogen) atoms. The molecular formula is C8H6F3NO2S. The standard InChI is InChI=1S/C8H6F3NO2S/c9-8(10,11)15-6-2-4(7(13)14)1-5(12)3-6/h1-3H,12H2,(H,13,14). The molecule has 3 nitrogen and oxygen atoms in total. The summed E-state index contributed by atoms with van der Waals surface area (Å²) in [6.45, 7) is 0. The molecule has 0 atom stereocenters. The quantitative estimate of drug-likeness (QED) is 0.613. The van der Waals surface area contributed by atoms with Crippen molar-refractivity contribution in [1.29, 1.82) is 0 Å². The first-order valence-corrected chi connectivity index (χ1v) is 4.49. The molecule has 0 saturated carbocycles. The third-order valence-corrected chi connectivity index (χ3v) is 2.11.